The number of hydrogen-bond donors (Lipinski definition) is 1. The molecule has 1 saturated heterocycles. The van der Waals surface area contributed by atoms with E-state index in [-0.39, 0.29) is 12.5 Å². The first-order chi connectivity index (χ1) is 14.3. The quantitative estimate of drug-likeness (QED) is 0.791. The van der Waals surface area contributed by atoms with Crippen molar-refractivity contribution in [1.29, 1.82) is 0 Å². The third-order valence-corrected chi connectivity index (χ3v) is 5.95. The largest absolute Gasteiger partial charge is 0.496 e. The van der Waals surface area contributed by atoms with Crippen LogP contribution in [0.5, 0.6) is 5.75 Å². The first-order valence-electron chi connectivity index (χ1n) is 10.0. The molecule has 2 heterocycles. The molecule has 1 atom stereocenters. The number of amides is 4. The van der Waals surface area contributed by atoms with Crippen LogP contribution in [-0.4, -0.2) is 42.9 Å². The fourth-order valence-corrected chi connectivity index (χ4v) is 4.24. The molecule has 7 nitrogen and oxygen atoms in total. The highest BCUT2D eigenvalue weighted by molar-refractivity contribution is 6.10. The Kier molecular flexibility index (Phi) is 4.97. The summed E-state index contributed by atoms with van der Waals surface area (Å²) in [7, 11) is 1.58. The molecule has 156 valence electrons. The summed E-state index contributed by atoms with van der Waals surface area (Å²) in [6, 6.07) is 12.5. The molecule has 30 heavy (non-hydrogen) atoms. The van der Waals surface area contributed by atoms with Crippen molar-refractivity contribution in [3.05, 3.63) is 59.2 Å². The summed E-state index contributed by atoms with van der Waals surface area (Å²) >= 11 is 0. The number of carbonyl (C=O) groups excluding carboxylic acids is 3. The van der Waals surface area contributed by atoms with Gasteiger partial charge >= 0.3 is 6.03 Å². The van der Waals surface area contributed by atoms with Crippen molar-refractivity contribution in [3.63, 3.8) is 0 Å². The van der Waals surface area contributed by atoms with E-state index < -0.39 is 17.5 Å². The van der Waals surface area contributed by atoms with Gasteiger partial charge in [0.2, 0.25) is 5.91 Å². The molecule has 0 saturated carbocycles. The van der Waals surface area contributed by atoms with E-state index >= 15 is 0 Å². The van der Waals surface area contributed by atoms with Gasteiger partial charge in [-0.3, -0.25) is 14.5 Å². The van der Waals surface area contributed by atoms with E-state index in [1.807, 2.05) is 37.3 Å². The average Bonchev–Trinajstić information content (AvgIpc) is 2.97. The molecule has 2 aliphatic rings. The number of methoxy groups -OCH3 is 1. The van der Waals surface area contributed by atoms with Gasteiger partial charge in [0, 0.05) is 12.2 Å². The monoisotopic (exact) mass is 407 g/mol. The molecule has 2 aliphatic heterocycles. The Labute approximate surface area is 175 Å². The number of ether oxygens (including phenoxy) is 1. The molecule has 1 fully saturated rings. The van der Waals surface area contributed by atoms with Gasteiger partial charge < -0.3 is 15.0 Å². The number of benzene rings is 2. The lowest BCUT2D eigenvalue weighted by Crippen LogP contribution is -2.46. The van der Waals surface area contributed by atoms with E-state index in [1.165, 1.54) is 0 Å². The number of para-hydroxylation sites is 1. The minimum atomic E-state index is -1.23. The van der Waals surface area contributed by atoms with Crippen molar-refractivity contribution < 1.29 is 19.1 Å². The standard InChI is InChI=1S/C23H25N3O4/c1-15-13-17(10-11-19(15)30-3)23(2)21(28)26(22(29)24-23)14-20(27)25-12-6-8-16-7-4-5-9-18(16)25/h4-5,7,9-11,13H,6,8,12,14H2,1-3H3,(H,24,29). The molecule has 0 bridgehead atoms. The van der Waals surface area contributed by atoms with Crippen molar-refractivity contribution in [1.82, 2.24) is 10.2 Å². The molecular weight excluding hydrogens is 382 g/mol. The van der Waals surface area contributed by atoms with Gasteiger partial charge in [-0.2, -0.15) is 0 Å². The lowest BCUT2D eigenvalue weighted by molar-refractivity contribution is -0.134. The molecule has 0 radical (unpaired) electrons. The maximum absolute atomic E-state index is 13.2. The molecule has 0 spiro atoms. The normalized spacial score (nSPS) is 20.8. The second-order valence-electron chi connectivity index (χ2n) is 7.91. The fourth-order valence-electron chi connectivity index (χ4n) is 4.24. The molecule has 4 amide bonds. The van der Waals surface area contributed by atoms with Crippen molar-refractivity contribution in [2.45, 2.75) is 32.2 Å². The Bertz CT molecular complexity index is 1030. The number of rotatable bonds is 4. The number of hydrogen-bond acceptors (Lipinski definition) is 4. The summed E-state index contributed by atoms with van der Waals surface area (Å²) in [4.78, 5) is 41.6. The third-order valence-electron chi connectivity index (χ3n) is 5.95. The topological polar surface area (TPSA) is 79.0 Å². The molecule has 7 heteroatoms. The highest BCUT2D eigenvalue weighted by Gasteiger charge is 2.50. The van der Waals surface area contributed by atoms with Crippen LogP contribution >= 0.6 is 0 Å². The molecule has 1 N–H and O–H groups in total. The van der Waals surface area contributed by atoms with E-state index in [1.54, 1.807) is 31.1 Å². The molecule has 2 aromatic carbocycles. The Balaban J connectivity index is 1.56. The number of nitrogens with zero attached hydrogens (tertiary/aromatic N) is 2. The molecule has 0 aliphatic carbocycles. The van der Waals surface area contributed by atoms with E-state index in [9.17, 15) is 14.4 Å². The Hall–Kier alpha value is -3.35. The van der Waals surface area contributed by atoms with Crippen LogP contribution < -0.4 is 15.0 Å². The number of imide groups is 1. The van der Waals surface area contributed by atoms with Crippen molar-refractivity contribution in [3.8, 4) is 5.75 Å². The van der Waals surface area contributed by atoms with Gasteiger partial charge in [-0.1, -0.05) is 24.3 Å². The third kappa shape index (κ3) is 3.20. The van der Waals surface area contributed by atoms with E-state index in [0.717, 1.165) is 34.6 Å². The maximum atomic E-state index is 13.2. The molecule has 0 aromatic heterocycles. The summed E-state index contributed by atoms with van der Waals surface area (Å²) in [5, 5.41) is 2.76. The number of anilines is 1. The Morgan fingerprint density at radius 3 is 2.70 bits per heavy atom. The zero-order chi connectivity index (χ0) is 21.5. The van der Waals surface area contributed by atoms with Crippen LogP contribution in [0, 0.1) is 6.92 Å². The summed E-state index contributed by atoms with van der Waals surface area (Å²) < 4.78 is 5.28. The number of aryl methyl sites for hydroxylation is 2. The number of urea groups is 1. The second-order valence-corrected chi connectivity index (χ2v) is 7.91. The minimum Gasteiger partial charge on any atom is -0.496 e. The first kappa shape index (κ1) is 19.9. The minimum absolute atomic E-state index is 0.263. The summed E-state index contributed by atoms with van der Waals surface area (Å²) in [6.07, 6.45) is 1.77. The van der Waals surface area contributed by atoms with Crippen LogP contribution in [-0.2, 0) is 21.5 Å². The predicted molar refractivity (Wildman–Crippen MR) is 112 cm³/mol. The van der Waals surface area contributed by atoms with Crippen LogP contribution in [0.25, 0.3) is 0 Å². The van der Waals surface area contributed by atoms with Crippen molar-refractivity contribution in [2.24, 2.45) is 0 Å². The maximum Gasteiger partial charge on any atom is 0.325 e. The zero-order valence-corrected chi connectivity index (χ0v) is 17.4. The molecule has 1 unspecified atom stereocenters. The van der Waals surface area contributed by atoms with Gasteiger partial charge in [0.05, 0.1) is 7.11 Å². The predicted octanol–water partition coefficient (Wildman–Crippen LogP) is 2.75. The van der Waals surface area contributed by atoms with Gasteiger partial charge in [-0.15, -0.1) is 0 Å². The van der Waals surface area contributed by atoms with Gasteiger partial charge in [0.25, 0.3) is 5.91 Å². The molecular formula is C23H25N3O4. The smallest absolute Gasteiger partial charge is 0.325 e. The van der Waals surface area contributed by atoms with Crippen LogP contribution in [0.1, 0.15) is 30.0 Å². The SMILES string of the molecule is COc1ccc(C2(C)NC(=O)N(CC(=O)N3CCCc4ccccc43)C2=O)cc1C. The fraction of sp³-hybridized carbons (Fsp3) is 0.348. The molecule has 4 rings (SSSR count). The zero-order valence-electron chi connectivity index (χ0n) is 17.4. The highest BCUT2D eigenvalue weighted by Crippen LogP contribution is 2.32. The van der Waals surface area contributed by atoms with Crippen LogP contribution in [0.2, 0.25) is 0 Å². The number of carbonyl (C=O) groups is 3. The van der Waals surface area contributed by atoms with E-state index in [2.05, 4.69) is 5.32 Å². The summed E-state index contributed by atoms with van der Waals surface area (Å²) in [5.74, 6) is 0.00597. The van der Waals surface area contributed by atoms with Crippen LogP contribution in [0.4, 0.5) is 10.5 Å². The van der Waals surface area contributed by atoms with Crippen LogP contribution in [0.3, 0.4) is 0 Å². The Morgan fingerprint density at radius 1 is 1.20 bits per heavy atom. The first-order valence-corrected chi connectivity index (χ1v) is 10.0. The van der Waals surface area contributed by atoms with E-state index in [4.69, 9.17) is 4.74 Å². The van der Waals surface area contributed by atoms with Gasteiger partial charge in [0.15, 0.2) is 0 Å². The van der Waals surface area contributed by atoms with Gasteiger partial charge in [0.1, 0.15) is 17.8 Å². The average molecular weight is 407 g/mol. The van der Waals surface area contributed by atoms with E-state index in [0.29, 0.717) is 17.9 Å². The lowest BCUT2D eigenvalue weighted by Gasteiger charge is -2.30. The highest BCUT2D eigenvalue weighted by atomic mass is 16.5. The van der Waals surface area contributed by atoms with Gasteiger partial charge in [-0.05, 0) is 61.6 Å². The van der Waals surface area contributed by atoms with Crippen molar-refractivity contribution in [2.75, 3.05) is 25.1 Å². The van der Waals surface area contributed by atoms with Crippen LogP contribution in [0.15, 0.2) is 42.5 Å². The summed E-state index contributed by atoms with van der Waals surface area (Å²) in [5.41, 5.74) is 2.24. The molecule has 2 aromatic rings. The number of nitrogens with one attached hydrogen (secondary N) is 1. The number of fused-ring (bicyclic) bond motifs is 1. The Morgan fingerprint density at radius 2 is 1.97 bits per heavy atom. The lowest BCUT2D eigenvalue weighted by atomic mass is 9.90. The van der Waals surface area contributed by atoms with Gasteiger partial charge in [-0.25, -0.2) is 4.79 Å². The second kappa shape index (κ2) is 7.48. The van der Waals surface area contributed by atoms with Crippen molar-refractivity contribution >= 4 is 23.5 Å². The summed E-state index contributed by atoms with van der Waals surface area (Å²) in [6.45, 7) is 3.83.